The number of anilines is 4. The fourth-order valence-electron chi connectivity index (χ4n) is 2.24. The molecule has 0 aliphatic carbocycles. The number of rotatable bonds is 4. The Labute approximate surface area is 172 Å². The van der Waals surface area contributed by atoms with Crippen LogP contribution in [0.4, 0.5) is 22.7 Å². The van der Waals surface area contributed by atoms with Gasteiger partial charge in [-0.3, -0.25) is 0 Å². The summed E-state index contributed by atoms with van der Waals surface area (Å²) in [6.07, 6.45) is 0. The molecule has 7 heteroatoms. The van der Waals surface area contributed by atoms with Gasteiger partial charge in [0.15, 0.2) is 5.11 Å². The monoisotopic (exact) mass is 420 g/mol. The van der Waals surface area contributed by atoms with Crippen molar-refractivity contribution in [1.29, 1.82) is 0 Å². The molecular formula is C19H13Cl3N3S. The van der Waals surface area contributed by atoms with Crippen LogP contribution in [0.1, 0.15) is 0 Å². The molecule has 3 aromatic carbocycles. The van der Waals surface area contributed by atoms with E-state index in [0.717, 1.165) is 17.1 Å². The Hall–Kier alpha value is -1.98. The van der Waals surface area contributed by atoms with Gasteiger partial charge in [0, 0.05) is 26.4 Å². The highest BCUT2D eigenvalue weighted by molar-refractivity contribution is 7.80. The molecule has 26 heavy (non-hydrogen) atoms. The van der Waals surface area contributed by atoms with Crippen molar-refractivity contribution in [2.75, 3.05) is 16.0 Å². The van der Waals surface area contributed by atoms with Crippen molar-refractivity contribution in [2.24, 2.45) is 0 Å². The average Bonchev–Trinajstić information content (AvgIpc) is 2.57. The first-order chi connectivity index (χ1) is 12.5. The van der Waals surface area contributed by atoms with E-state index in [9.17, 15) is 0 Å². The van der Waals surface area contributed by atoms with E-state index in [2.05, 4.69) is 22.0 Å². The van der Waals surface area contributed by atoms with Gasteiger partial charge in [-0.2, -0.15) is 0 Å². The Balaban J connectivity index is 1.73. The van der Waals surface area contributed by atoms with E-state index in [4.69, 9.17) is 47.0 Å². The minimum Gasteiger partial charge on any atom is -0.354 e. The van der Waals surface area contributed by atoms with Gasteiger partial charge in [0.05, 0.1) is 11.4 Å². The Kier molecular flexibility index (Phi) is 6.22. The Morgan fingerprint density at radius 3 is 2.15 bits per heavy atom. The molecule has 3 N–H and O–H groups in total. The van der Waals surface area contributed by atoms with Crippen LogP contribution in [0.25, 0.3) is 0 Å². The van der Waals surface area contributed by atoms with Gasteiger partial charge in [-0.25, -0.2) is 0 Å². The van der Waals surface area contributed by atoms with E-state index in [0.29, 0.717) is 25.9 Å². The van der Waals surface area contributed by atoms with Crippen molar-refractivity contribution in [3.05, 3.63) is 81.8 Å². The predicted molar refractivity (Wildman–Crippen MR) is 116 cm³/mol. The number of hydrogen-bond acceptors (Lipinski definition) is 2. The smallest absolute Gasteiger partial charge is 0.175 e. The SMILES string of the molecule is S=C(Nc1cc(Cl)cc(Cl)c1)Nc1c[c]ccc1Nc1ccc(Cl)cc1. The van der Waals surface area contributed by atoms with Crippen molar-refractivity contribution in [3.63, 3.8) is 0 Å². The van der Waals surface area contributed by atoms with Crippen LogP contribution < -0.4 is 16.0 Å². The van der Waals surface area contributed by atoms with Crippen molar-refractivity contribution < 1.29 is 0 Å². The molecule has 0 fully saturated rings. The zero-order chi connectivity index (χ0) is 18.5. The molecule has 3 aromatic rings. The summed E-state index contributed by atoms with van der Waals surface area (Å²) in [7, 11) is 0. The molecule has 0 aliphatic heterocycles. The maximum Gasteiger partial charge on any atom is 0.175 e. The van der Waals surface area contributed by atoms with E-state index in [1.54, 1.807) is 24.3 Å². The van der Waals surface area contributed by atoms with Crippen LogP contribution in [0.5, 0.6) is 0 Å². The molecule has 0 saturated carbocycles. The second-order valence-electron chi connectivity index (χ2n) is 5.34. The molecule has 0 amide bonds. The summed E-state index contributed by atoms with van der Waals surface area (Å²) in [5.41, 5.74) is 3.23. The summed E-state index contributed by atoms with van der Waals surface area (Å²) >= 11 is 23.3. The van der Waals surface area contributed by atoms with Gasteiger partial charge in [0.25, 0.3) is 0 Å². The van der Waals surface area contributed by atoms with E-state index in [1.807, 2.05) is 36.4 Å². The number of hydrogen-bond donors (Lipinski definition) is 3. The maximum absolute atomic E-state index is 6.01. The molecule has 1 radical (unpaired) electrons. The first-order valence-corrected chi connectivity index (χ1v) is 9.10. The molecule has 0 unspecified atom stereocenters. The third-order valence-corrected chi connectivity index (χ3v) is 4.25. The van der Waals surface area contributed by atoms with Gasteiger partial charge >= 0.3 is 0 Å². The van der Waals surface area contributed by atoms with Crippen LogP contribution in [0.2, 0.25) is 15.1 Å². The van der Waals surface area contributed by atoms with E-state index < -0.39 is 0 Å². The van der Waals surface area contributed by atoms with E-state index >= 15 is 0 Å². The lowest BCUT2D eigenvalue weighted by molar-refractivity contribution is 1.52. The molecule has 3 rings (SSSR count). The summed E-state index contributed by atoms with van der Waals surface area (Å²) in [5.74, 6) is 0. The van der Waals surface area contributed by atoms with Crippen molar-refractivity contribution in [3.8, 4) is 0 Å². The van der Waals surface area contributed by atoms with Gasteiger partial charge < -0.3 is 16.0 Å². The average molecular weight is 422 g/mol. The quantitative estimate of drug-likeness (QED) is 0.396. The van der Waals surface area contributed by atoms with Crippen LogP contribution in [0, 0.1) is 6.07 Å². The minimum absolute atomic E-state index is 0.405. The fraction of sp³-hybridized carbons (Fsp3) is 0. The number of thiocarbonyl (C=S) groups is 1. The summed E-state index contributed by atoms with van der Waals surface area (Å²) < 4.78 is 0. The highest BCUT2D eigenvalue weighted by Crippen LogP contribution is 2.27. The lowest BCUT2D eigenvalue weighted by Gasteiger charge is -2.15. The summed E-state index contributed by atoms with van der Waals surface area (Å²) in [4.78, 5) is 0. The predicted octanol–water partition coefficient (Wildman–Crippen LogP) is 7.00. The highest BCUT2D eigenvalue weighted by atomic mass is 35.5. The second-order valence-corrected chi connectivity index (χ2v) is 7.06. The lowest BCUT2D eigenvalue weighted by atomic mass is 10.2. The van der Waals surface area contributed by atoms with Crippen LogP contribution in [-0.4, -0.2) is 5.11 Å². The largest absolute Gasteiger partial charge is 0.354 e. The van der Waals surface area contributed by atoms with Crippen LogP contribution in [-0.2, 0) is 0 Å². The number of benzene rings is 3. The standard InChI is InChI=1S/C19H13Cl3N3S/c20-12-5-7-15(8-6-12)23-17-3-1-2-4-18(17)25-19(26)24-16-10-13(21)9-14(22)11-16/h1,3-11,23H,(H2,24,25,26). The molecule has 0 heterocycles. The topological polar surface area (TPSA) is 36.1 Å². The summed E-state index contributed by atoms with van der Waals surface area (Å²) in [6, 6.07) is 21.1. The minimum atomic E-state index is 0.405. The third-order valence-electron chi connectivity index (χ3n) is 3.36. The van der Waals surface area contributed by atoms with E-state index in [1.165, 1.54) is 0 Å². The van der Waals surface area contributed by atoms with E-state index in [-0.39, 0.29) is 0 Å². The van der Waals surface area contributed by atoms with Gasteiger partial charge in [-0.1, -0.05) is 40.9 Å². The zero-order valence-corrected chi connectivity index (χ0v) is 16.4. The molecule has 131 valence electrons. The molecule has 0 aliphatic rings. The third kappa shape index (κ3) is 5.26. The van der Waals surface area contributed by atoms with Crippen LogP contribution >= 0.6 is 47.0 Å². The van der Waals surface area contributed by atoms with Gasteiger partial charge in [0.2, 0.25) is 0 Å². The zero-order valence-electron chi connectivity index (χ0n) is 13.3. The molecule has 0 spiro atoms. The number of nitrogens with one attached hydrogen (secondary N) is 3. The summed E-state index contributed by atoms with van der Waals surface area (Å²) in [5, 5.41) is 11.7. The molecule has 0 saturated heterocycles. The lowest BCUT2D eigenvalue weighted by Crippen LogP contribution is -2.19. The molecule has 0 atom stereocenters. The first kappa shape index (κ1) is 18.8. The fourth-order valence-corrected chi connectivity index (χ4v) is 3.12. The molecule has 0 bridgehead atoms. The highest BCUT2D eigenvalue weighted by Gasteiger charge is 2.06. The first-order valence-electron chi connectivity index (χ1n) is 7.56. The van der Waals surface area contributed by atoms with Crippen molar-refractivity contribution in [1.82, 2.24) is 0 Å². The van der Waals surface area contributed by atoms with Gasteiger partial charge in [-0.05, 0) is 72.9 Å². The van der Waals surface area contributed by atoms with Crippen molar-refractivity contribution in [2.45, 2.75) is 0 Å². The molecule has 3 nitrogen and oxygen atoms in total. The van der Waals surface area contributed by atoms with Crippen LogP contribution in [0.15, 0.2) is 60.7 Å². The summed E-state index contributed by atoms with van der Waals surface area (Å²) in [6.45, 7) is 0. The van der Waals surface area contributed by atoms with Crippen molar-refractivity contribution >= 4 is 74.9 Å². The second kappa shape index (κ2) is 8.60. The normalized spacial score (nSPS) is 10.3. The Morgan fingerprint density at radius 2 is 1.46 bits per heavy atom. The molecule has 0 aromatic heterocycles. The molecular weight excluding hydrogens is 409 g/mol. The Morgan fingerprint density at radius 1 is 0.769 bits per heavy atom. The van der Waals surface area contributed by atoms with Crippen LogP contribution in [0.3, 0.4) is 0 Å². The van der Waals surface area contributed by atoms with Gasteiger partial charge in [0.1, 0.15) is 0 Å². The number of halogens is 3. The van der Waals surface area contributed by atoms with Gasteiger partial charge in [-0.15, -0.1) is 0 Å². The maximum atomic E-state index is 6.01. The Bertz CT molecular complexity index is 909.